The second-order valence-electron chi connectivity index (χ2n) is 3.11. The van der Waals surface area contributed by atoms with E-state index >= 15 is 0 Å². The van der Waals surface area contributed by atoms with Crippen molar-refractivity contribution in [1.82, 2.24) is 4.98 Å². The zero-order chi connectivity index (χ0) is 10.7. The average Bonchev–Trinajstić information content (AvgIpc) is 2.73. The summed E-state index contributed by atoms with van der Waals surface area (Å²) in [5.74, 6) is 0. The molecule has 0 amide bonds. The van der Waals surface area contributed by atoms with Gasteiger partial charge in [0, 0.05) is 6.54 Å². The fraction of sp³-hybridized carbons (Fsp3) is 0.182. The number of aliphatic hydroxyl groups is 1. The maximum absolute atomic E-state index is 9.02. The van der Waals surface area contributed by atoms with Crippen molar-refractivity contribution in [2.24, 2.45) is 5.73 Å². The Morgan fingerprint density at radius 1 is 1.27 bits per heavy atom. The van der Waals surface area contributed by atoms with Crippen LogP contribution in [0.3, 0.4) is 0 Å². The molecule has 0 aliphatic heterocycles. The number of nitrogens with zero attached hydrogens (tertiary/aromatic N) is 1. The molecule has 0 spiro atoms. The van der Waals surface area contributed by atoms with Gasteiger partial charge in [0.05, 0.1) is 17.2 Å². The quantitative estimate of drug-likeness (QED) is 0.828. The van der Waals surface area contributed by atoms with E-state index in [1.54, 1.807) is 0 Å². The van der Waals surface area contributed by atoms with Crippen molar-refractivity contribution in [3.8, 4) is 10.4 Å². The lowest BCUT2D eigenvalue weighted by molar-refractivity contribution is 0.281. The van der Waals surface area contributed by atoms with E-state index < -0.39 is 0 Å². The van der Waals surface area contributed by atoms with Crippen LogP contribution in [0.15, 0.2) is 30.3 Å². The Kier molecular flexibility index (Phi) is 3.11. The Bertz CT molecular complexity index is 439. The van der Waals surface area contributed by atoms with Crippen molar-refractivity contribution in [3.63, 3.8) is 0 Å². The zero-order valence-corrected chi connectivity index (χ0v) is 9.00. The van der Waals surface area contributed by atoms with E-state index in [4.69, 9.17) is 10.8 Å². The predicted octanol–water partition coefficient (Wildman–Crippen LogP) is 1.76. The topological polar surface area (TPSA) is 59.1 Å². The number of thiazole rings is 1. The molecule has 3 nitrogen and oxygen atoms in total. The van der Waals surface area contributed by atoms with Crippen LogP contribution < -0.4 is 5.73 Å². The molecule has 3 N–H and O–H groups in total. The minimum Gasteiger partial charge on any atom is -0.389 e. The molecular weight excluding hydrogens is 208 g/mol. The summed E-state index contributed by atoms with van der Waals surface area (Å²) in [6, 6.07) is 9.98. The lowest BCUT2D eigenvalue weighted by Crippen LogP contribution is -1.98. The highest BCUT2D eigenvalue weighted by Gasteiger charge is 2.10. The predicted molar refractivity (Wildman–Crippen MR) is 61.4 cm³/mol. The molecule has 15 heavy (non-hydrogen) atoms. The molecule has 1 heterocycles. The molecule has 0 radical (unpaired) electrons. The van der Waals surface area contributed by atoms with Gasteiger partial charge in [0.25, 0.3) is 0 Å². The number of benzene rings is 1. The minimum atomic E-state index is -0.0233. The van der Waals surface area contributed by atoms with Gasteiger partial charge in [0.2, 0.25) is 0 Å². The van der Waals surface area contributed by atoms with E-state index in [0.717, 1.165) is 16.1 Å². The molecule has 78 valence electrons. The van der Waals surface area contributed by atoms with Crippen LogP contribution in [0.25, 0.3) is 10.4 Å². The first-order valence-corrected chi connectivity index (χ1v) is 5.51. The average molecular weight is 220 g/mol. The van der Waals surface area contributed by atoms with Gasteiger partial charge in [-0.3, -0.25) is 0 Å². The van der Waals surface area contributed by atoms with E-state index in [-0.39, 0.29) is 6.61 Å². The number of aliphatic hydroxyl groups excluding tert-OH is 1. The Balaban J connectivity index is 2.47. The van der Waals surface area contributed by atoms with Crippen molar-refractivity contribution >= 4 is 11.3 Å². The fourth-order valence-electron chi connectivity index (χ4n) is 1.42. The van der Waals surface area contributed by atoms with Crippen molar-refractivity contribution < 1.29 is 5.11 Å². The van der Waals surface area contributed by atoms with Crippen LogP contribution in [0.1, 0.15) is 10.7 Å². The highest BCUT2D eigenvalue weighted by Crippen LogP contribution is 2.29. The van der Waals surface area contributed by atoms with Gasteiger partial charge < -0.3 is 10.8 Å². The largest absolute Gasteiger partial charge is 0.389 e. The van der Waals surface area contributed by atoms with Crippen molar-refractivity contribution in [2.75, 3.05) is 0 Å². The molecule has 0 bridgehead atoms. The summed E-state index contributed by atoms with van der Waals surface area (Å²) in [5, 5.41) is 9.74. The molecule has 0 aliphatic rings. The third-order valence-corrected chi connectivity index (χ3v) is 3.24. The maximum atomic E-state index is 9.02. The van der Waals surface area contributed by atoms with Gasteiger partial charge in [0.1, 0.15) is 5.01 Å². The minimum absolute atomic E-state index is 0.0233. The number of hydrogen-bond acceptors (Lipinski definition) is 4. The van der Waals surface area contributed by atoms with Crippen molar-refractivity contribution in [1.29, 1.82) is 0 Å². The van der Waals surface area contributed by atoms with Crippen molar-refractivity contribution in [3.05, 3.63) is 41.0 Å². The second kappa shape index (κ2) is 4.53. The van der Waals surface area contributed by atoms with Crippen LogP contribution in [-0.4, -0.2) is 10.1 Å². The Labute approximate surface area is 92.2 Å². The van der Waals surface area contributed by atoms with Crippen LogP contribution >= 0.6 is 11.3 Å². The third kappa shape index (κ3) is 2.07. The molecule has 1 aromatic carbocycles. The SMILES string of the molecule is NCc1nc(CO)sc1-c1ccccc1. The summed E-state index contributed by atoms with van der Waals surface area (Å²) in [4.78, 5) is 5.32. The molecular formula is C11H12N2OS. The van der Waals surface area contributed by atoms with Gasteiger partial charge in [0.15, 0.2) is 0 Å². The molecule has 0 unspecified atom stereocenters. The van der Waals surface area contributed by atoms with E-state index in [0.29, 0.717) is 11.6 Å². The number of hydrogen-bond donors (Lipinski definition) is 2. The normalized spacial score (nSPS) is 10.5. The first-order chi connectivity index (χ1) is 7.35. The maximum Gasteiger partial charge on any atom is 0.119 e. The van der Waals surface area contributed by atoms with Gasteiger partial charge in [-0.2, -0.15) is 0 Å². The van der Waals surface area contributed by atoms with Gasteiger partial charge in [-0.15, -0.1) is 11.3 Å². The zero-order valence-electron chi connectivity index (χ0n) is 8.18. The molecule has 0 aliphatic carbocycles. The molecule has 0 fully saturated rings. The third-order valence-electron chi connectivity index (χ3n) is 2.11. The monoisotopic (exact) mass is 220 g/mol. The highest BCUT2D eigenvalue weighted by atomic mass is 32.1. The molecule has 2 rings (SSSR count). The molecule has 0 saturated heterocycles. The highest BCUT2D eigenvalue weighted by molar-refractivity contribution is 7.15. The lowest BCUT2D eigenvalue weighted by Gasteiger charge is -1.98. The van der Waals surface area contributed by atoms with Gasteiger partial charge in [-0.05, 0) is 5.56 Å². The number of nitrogens with two attached hydrogens (primary N) is 1. The molecule has 0 atom stereocenters. The van der Waals surface area contributed by atoms with Gasteiger partial charge in [-0.1, -0.05) is 30.3 Å². The van der Waals surface area contributed by atoms with E-state index in [1.807, 2.05) is 30.3 Å². The first kappa shape index (κ1) is 10.3. The lowest BCUT2D eigenvalue weighted by atomic mass is 10.1. The van der Waals surface area contributed by atoms with E-state index in [1.165, 1.54) is 11.3 Å². The summed E-state index contributed by atoms with van der Waals surface area (Å²) >= 11 is 1.50. The van der Waals surface area contributed by atoms with Crippen LogP contribution in [-0.2, 0) is 13.2 Å². The van der Waals surface area contributed by atoms with Gasteiger partial charge in [-0.25, -0.2) is 4.98 Å². The Morgan fingerprint density at radius 2 is 2.00 bits per heavy atom. The summed E-state index contributed by atoms with van der Waals surface area (Å²) in [6.45, 7) is 0.380. The standard InChI is InChI=1S/C11H12N2OS/c12-6-9-11(15-10(7-14)13-9)8-4-2-1-3-5-8/h1-5,14H,6-7,12H2. The van der Waals surface area contributed by atoms with Crippen LogP contribution in [0, 0.1) is 0 Å². The molecule has 0 saturated carbocycles. The number of aromatic nitrogens is 1. The molecule has 2 aromatic rings. The fourth-order valence-corrected chi connectivity index (χ4v) is 2.38. The van der Waals surface area contributed by atoms with Crippen LogP contribution in [0.4, 0.5) is 0 Å². The summed E-state index contributed by atoms with van der Waals surface area (Å²) < 4.78 is 0. The first-order valence-electron chi connectivity index (χ1n) is 4.70. The molecule has 4 heteroatoms. The van der Waals surface area contributed by atoms with E-state index in [9.17, 15) is 0 Å². The Morgan fingerprint density at radius 3 is 2.60 bits per heavy atom. The van der Waals surface area contributed by atoms with E-state index in [2.05, 4.69) is 4.98 Å². The van der Waals surface area contributed by atoms with Crippen LogP contribution in [0.5, 0.6) is 0 Å². The Hall–Kier alpha value is -1.23. The molecule has 1 aromatic heterocycles. The summed E-state index contributed by atoms with van der Waals surface area (Å²) in [7, 11) is 0. The second-order valence-corrected chi connectivity index (χ2v) is 4.20. The summed E-state index contributed by atoms with van der Waals surface area (Å²) in [6.07, 6.45) is 0. The smallest absolute Gasteiger partial charge is 0.119 e. The van der Waals surface area contributed by atoms with Gasteiger partial charge >= 0.3 is 0 Å². The van der Waals surface area contributed by atoms with Crippen molar-refractivity contribution in [2.45, 2.75) is 13.2 Å². The van der Waals surface area contributed by atoms with Crippen LogP contribution in [0.2, 0.25) is 0 Å². The summed E-state index contributed by atoms with van der Waals surface area (Å²) in [5.41, 5.74) is 7.58. The number of rotatable bonds is 3.